The Bertz CT molecular complexity index is 546. The number of halogens is 1. The standard InChI is InChI=1S/C13H13ClN2O2/c1-17-11-3-2-9(6-15)13(5-11)18-12-4-10(14)7-16-8-12/h2-5,7-8H,6,15H2,1H3. The molecule has 4 nitrogen and oxygen atoms in total. The molecule has 0 atom stereocenters. The van der Waals surface area contributed by atoms with Gasteiger partial charge in [-0.2, -0.15) is 0 Å². The van der Waals surface area contributed by atoms with Gasteiger partial charge in [-0.1, -0.05) is 17.7 Å². The monoisotopic (exact) mass is 264 g/mol. The van der Waals surface area contributed by atoms with Crippen LogP contribution >= 0.6 is 11.6 Å². The molecule has 5 heteroatoms. The Balaban J connectivity index is 2.32. The summed E-state index contributed by atoms with van der Waals surface area (Å²) in [6.45, 7) is 0.382. The molecule has 0 aliphatic heterocycles. The Kier molecular flexibility index (Phi) is 4.02. The molecule has 0 bridgehead atoms. The van der Waals surface area contributed by atoms with Crippen molar-refractivity contribution >= 4 is 11.6 Å². The van der Waals surface area contributed by atoms with Crippen LogP contribution in [0.3, 0.4) is 0 Å². The first-order chi connectivity index (χ1) is 8.72. The summed E-state index contributed by atoms with van der Waals surface area (Å²) in [6, 6.07) is 7.18. The summed E-state index contributed by atoms with van der Waals surface area (Å²) in [7, 11) is 1.60. The van der Waals surface area contributed by atoms with Crippen LogP contribution in [0.1, 0.15) is 5.56 Å². The van der Waals surface area contributed by atoms with Gasteiger partial charge in [-0.05, 0) is 6.07 Å². The van der Waals surface area contributed by atoms with E-state index in [1.54, 1.807) is 31.6 Å². The molecule has 0 spiro atoms. The van der Waals surface area contributed by atoms with Crippen LogP contribution in [0.5, 0.6) is 17.2 Å². The van der Waals surface area contributed by atoms with Crippen LogP contribution in [0.2, 0.25) is 5.02 Å². The largest absolute Gasteiger partial charge is 0.497 e. The lowest BCUT2D eigenvalue weighted by molar-refractivity contribution is 0.408. The Morgan fingerprint density at radius 2 is 2.06 bits per heavy atom. The van der Waals surface area contributed by atoms with Crippen molar-refractivity contribution in [1.82, 2.24) is 4.98 Å². The number of hydrogen-bond acceptors (Lipinski definition) is 4. The molecule has 2 aromatic rings. The number of nitrogens with zero attached hydrogens (tertiary/aromatic N) is 1. The minimum Gasteiger partial charge on any atom is -0.497 e. The highest BCUT2D eigenvalue weighted by Gasteiger charge is 2.06. The predicted molar refractivity (Wildman–Crippen MR) is 70.2 cm³/mol. The molecule has 0 unspecified atom stereocenters. The lowest BCUT2D eigenvalue weighted by atomic mass is 10.2. The van der Waals surface area contributed by atoms with Crippen molar-refractivity contribution in [1.29, 1.82) is 0 Å². The summed E-state index contributed by atoms with van der Waals surface area (Å²) in [5.41, 5.74) is 6.55. The number of rotatable bonds is 4. The molecule has 0 saturated carbocycles. The summed E-state index contributed by atoms with van der Waals surface area (Å²) in [5.74, 6) is 1.91. The average molecular weight is 265 g/mol. The van der Waals surface area contributed by atoms with Gasteiger partial charge in [0.25, 0.3) is 0 Å². The third kappa shape index (κ3) is 2.91. The van der Waals surface area contributed by atoms with Crippen LogP contribution < -0.4 is 15.2 Å². The molecule has 1 aromatic heterocycles. The van der Waals surface area contributed by atoms with Gasteiger partial charge in [0.15, 0.2) is 0 Å². The zero-order valence-corrected chi connectivity index (χ0v) is 10.6. The summed E-state index contributed by atoms with van der Waals surface area (Å²) in [6.07, 6.45) is 3.13. The van der Waals surface area contributed by atoms with E-state index in [2.05, 4.69) is 4.98 Å². The predicted octanol–water partition coefficient (Wildman–Crippen LogP) is 2.99. The molecule has 2 N–H and O–H groups in total. The lowest BCUT2D eigenvalue weighted by Gasteiger charge is -2.11. The smallest absolute Gasteiger partial charge is 0.147 e. The van der Waals surface area contributed by atoms with Gasteiger partial charge < -0.3 is 15.2 Å². The van der Waals surface area contributed by atoms with Gasteiger partial charge in [-0.3, -0.25) is 4.98 Å². The molecule has 18 heavy (non-hydrogen) atoms. The third-order valence-corrected chi connectivity index (χ3v) is 2.61. The van der Waals surface area contributed by atoms with Crippen LogP contribution in [0.15, 0.2) is 36.7 Å². The Morgan fingerprint density at radius 1 is 1.22 bits per heavy atom. The highest BCUT2D eigenvalue weighted by molar-refractivity contribution is 6.30. The van der Waals surface area contributed by atoms with Crippen LogP contribution in [-0.2, 0) is 6.54 Å². The van der Waals surface area contributed by atoms with Crippen LogP contribution in [0, 0.1) is 0 Å². The van der Waals surface area contributed by atoms with Gasteiger partial charge in [0.2, 0.25) is 0 Å². The molecule has 0 amide bonds. The van der Waals surface area contributed by atoms with Crippen molar-refractivity contribution in [2.45, 2.75) is 6.54 Å². The molecule has 2 rings (SSSR count). The molecular weight excluding hydrogens is 252 g/mol. The second-order valence-electron chi connectivity index (χ2n) is 3.62. The summed E-state index contributed by atoms with van der Waals surface area (Å²) in [4.78, 5) is 3.96. The molecule has 0 saturated heterocycles. The topological polar surface area (TPSA) is 57.4 Å². The van der Waals surface area contributed by atoms with Gasteiger partial charge in [0, 0.05) is 30.4 Å². The minimum absolute atomic E-state index is 0.382. The Morgan fingerprint density at radius 3 is 2.72 bits per heavy atom. The summed E-state index contributed by atoms with van der Waals surface area (Å²) < 4.78 is 10.9. The van der Waals surface area contributed by atoms with Gasteiger partial charge >= 0.3 is 0 Å². The molecule has 1 heterocycles. The molecule has 1 aromatic carbocycles. The average Bonchev–Trinajstić information content (AvgIpc) is 2.38. The zero-order chi connectivity index (χ0) is 13.0. The fourth-order valence-electron chi connectivity index (χ4n) is 1.50. The first kappa shape index (κ1) is 12.7. The molecule has 94 valence electrons. The van der Waals surface area contributed by atoms with E-state index in [1.165, 1.54) is 0 Å². The van der Waals surface area contributed by atoms with E-state index in [0.29, 0.717) is 28.8 Å². The quantitative estimate of drug-likeness (QED) is 0.922. The zero-order valence-electron chi connectivity index (χ0n) is 9.89. The first-order valence-corrected chi connectivity index (χ1v) is 5.76. The maximum atomic E-state index is 5.85. The Hall–Kier alpha value is -1.78. The number of methoxy groups -OCH3 is 1. The molecule has 0 aliphatic carbocycles. The van der Waals surface area contributed by atoms with Gasteiger partial charge in [0.05, 0.1) is 18.3 Å². The Labute approximate surface area is 110 Å². The van der Waals surface area contributed by atoms with Crippen LogP contribution in [0.25, 0.3) is 0 Å². The normalized spacial score (nSPS) is 10.2. The van der Waals surface area contributed by atoms with E-state index < -0.39 is 0 Å². The van der Waals surface area contributed by atoms with Crippen molar-refractivity contribution in [3.05, 3.63) is 47.2 Å². The van der Waals surface area contributed by atoms with Crippen molar-refractivity contribution in [2.75, 3.05) is 7.11 Å². The van der Waals surface area contributed by atoms with Crippen molar-refractivity contribution < 1.29 is 9.47 Å². The lowest BCUT2D eigenvalue weighted by Crippen LogP contribution is -2.00. The van der Waals surface area contributed by atoms with E-state index in [9.17, 15) is 0 Å². The van der Waals surface area contributed by atoms with E-state index in [1.807, 2.05) is 12.1 Å². The number of hydrogen-bond donors (Lipinski definition) is 1. The highest BCUT2D eigenvalue weighted by Crippen LogP contribution is 2.29. The van der Waals surface area contributed by atoms with E-state index >= 15 is 0 Å². The number of nitrogens with two attached hydrogens (primary N) is 1. The van der Waals surface area contributed by atoms with E-state index in [4.69, 9.17) is 26.8 Å². The third-order valence-electron chi connectivity index (χ3n) is 2.40. The van der Waals surface area contributed by atoms with E-state index in [0.717, 1.165) is 5.56 Å². The molecule has 0 radical (unpaired) electrons. The number of ether oxygens (including phenoxy) is 2. The summed E-state index contributed by atoms with van der Waals surface area (Å²) in [5, 5.41) is 0.518. The second kappa shape index (κ2) is 5.71. The maximum absolute atomic E-state index is 5.85. The van der Waals surface area contributed by atoms with Crippen LogP contribution in [0.4, 0.5) is 0 Å². The fraction of sp³-hybridized carbons (Fsp3) is 0.154. The fourth-order valence-corrected chi connectivity index (χ4v) is 1.66. The van der Waals surface area contributed by atoms with Gasteiger partial charge in [0.1, 0.15) is 17.2 Å². The second-order valence-corrected chi connectivity index (χ2v) is 4.06. The number of benzene rings is 1. The number of pyridine rings is 1. The van der Waals surface area contributed by atoms with Crippen molar-refractivity contribution in [3.63, 3.8) is 0 Å². The minimum atomic E-state index is 0.382. The SMILES string of the molecule is COc1ccc(CN)c(Oc2cncc(Cl)c2)c1. The van der Waals surface area contributed by atoms with Crippen molar-refractivity contribution in [2.24, 2.45) is 5.73 Å². The van der Waals surface area contributed by atoms with Crippen molar-refractivity contribution in [3.8, 4) is 17.2 Å². The van der Waals surface area contributed by atoms with Crippen LogP contribution in [-0.4, -0.2) is 12.1 Å². The molecule has 0 fully saturated rings. The number of aromatic nitrogens is 1. The van der Waals surface area contributed by atoms with Gasteiger partial charge in [-0.25, -0.2) is 0 Å². The molecular formula is C13H13ClN2O2. The first-order valence-electron chi connectivity index (χ1n) is 5.38. The van der Waals surface area contributed by atoms with Gasteiger partial charge in [-0.15, -0.1) is 0 Å². The van der Waals surface area contributed by atoms with E-state index in [-0.39, 0.29) is 0 Å². The highest BCUT2D eigenvalue weighted by atomic mass is 35.5. The summed E-state index contributed by atoms with van der Waals surface area (Å²) >= 11 is 5.85. The molecule has 0 aliphatic rings. The maximum Gasteiger partial charge on any atom is 0.147 e.